The summed E-state index contributed by atoms with van der Waals surface area (Å²) in [7, 11) is 1.76. The summed E-state index contributed by atoms with van der Waals surface area (Å²) in [4.78, 5) is 36.3. The molecule has 0 saturated carbocycles. The third-order valence-electron chi connectivity index (χ3n) is 5.07. The van der Waals surface area contributed by atoms with Crippen LogP contribution in [-0.2, 0) is 4.74 Å². The summed E-state index contributed by atoms with van der Waals surface area (Å²) in [5, 5.41) is 3.00. The van der Waals surface area contributed by atoms with E-state index in [2.05, 4.69) is 34.8 Å². The average Bonchev–Trinajstić information content (AvgIpc) is 3.16. The number of carbonyl (C=O) groups excluding carboxylic acids is 1. The normalized spacial score (nSPS) is 15.3. The Labute approximate surface area is 180 Å². The Hall–Kier alpha value is -3.50. The van der Waals surface area contributed by atoms with Gasteiger partial charge < -0.3 is 25.3 Å². The molecule has 1 saturated heterocycles. The fourth-order valence-electron chi connectivity index (χ4n) is 3.59. The van der Waals surface area contributed by atoms with Crippen LogP contribution in [0.25, 0.3) is 22.6 Å². The summed E-state index contributed by atoms with van der Waals surface area (Å²) in [5.41, 5.74) is 7.68. The summed E-state index contributed by atoms with van der Waals surface area (Å²) in [6, 6.07) is 0.161. The number of anilines is 2. The van der Waals surface area contributed by atoms with Crippen LogP contribution in [-0.4, -0.2) is 66.2 Å². The molecule has 31 heavy (non-hydrogen) atoms. The van der Waals surface area contributed by atoms with E-state index in [9.17, 15) is 4.79 Å². The second kappa shape index (κ2) is 7.97. The second-order valence-corrected chi connectivity index (χ2v) is 8.49. The van der Waals surface area contributed by atoms with Crippen molar-refractivity contribution in [1.29, 1.82) is 0 Å². The van der Waals surface area contributed by atoms with Crippen LogP contribution in [0.4, 0.5) is 16.6 Å². The summed E-state index contributed by atoms with van der Waals surface area (Å²) in [6.07, 6.45) is 6.13. The lowest BCUT2D eigenvalue weighted by molar-refractivity contribution is 0.0189. The fourth-order valence-corrected chi connectivity index (χ4v) is 3.59. The van der Waals surface area contributed by atoms with Gasteiger partial charge >= 0.3 is 6.09 Å². The van der Waals surface area contributed by atoms with Gasteiger partial charge in [0.15, 0.2) is 5.65 Å². The number of rotatable bonds is 3. The van der Waals surface area contributed by atoms with Gasteiger partial charge in [-0.1, -0.05) is 0 Å². The van der Waals surface area contributed by atoms with Gasteiger partial charge in [0.25, 0.3) is 0 Å². The molecule has 0 bridgehead atoms. The highest BCUT2D eigenvalue weighted by atomic mass is 16.6. The number of nitrogen functional groups attached to an aromatic ring is 1. The molecule has 4 rings (SSSR count). The molecule has 3 aromatic rings. The summed E-state index contributed by atoms with van der Waals surface area (Å²) in [5.74, 6) is 0.805. The molecule has 11 nitrogen and oxygen atoms in total. The van der Waals surface area contributed by atoms with Gasteiger partial charge in [0.05, 0.1) is 18.7 Å². The van der Waals surface area contributed by atoms with Gasteiger partial charge in [0, 0.05) is 26.2 Å². The molecule has 1 fully saturated rings. The highest BCUT2D eigenvalue weighted by Gasteiger charge is 2.29. The van der Waals surface area contributed by atoms with Gasteiger partial charge in [-0.15, -0.1) is 0 Å². The molecule has 0 aromatic carbocycles. The molecule has 0 aliphatic carbocycles. The molecular weight excluding hydrogens is 398 g/mol. The second-order valence-electron chi connectivity index (χ2n) is 8.49. The quantitative estimate of drug-likeness (QED) is 0.648. The first kappa shape index (κ1) is 20.8. The molecule has 0 radical (unpaired) electrons. The molecule has 3 aromatic heterocycles. The zero-order chi connectivity index (χ0) is 22.2. The topological polar surface area (TPSA) is 137 Å². The molecule has 11 heteroatoms. The summed E-state index contributed by atoms with van der Waals surface area (Å²) in [6.45, 7) is 6.84. The third kappa shape index (κ3) is 4.35. The third-order valence-corrected chi connectivity index (χ3v) is 5.07. The smallest absolute Gasteiger partial charge is 0.410 e. The minimum absolute atomic E-state index is 0.161. The van der Waals surface area contributed by atoms with Crippen molar-refractivity contribution in [2.45, 2.75) is 45.3 Å². The Balaban J connectivity index is 1.60. The van der Waals surface area contributed by atoms with E-state index in [4.69, 9.17) is 10.5 Å². The van der Waals surface area contributed by atoms with Crippen LogP contribution >= 0.6 is 0 Å². The fraction of sp³-hybridized carbons (Fsp3) is 0.500. The maximum atomic E-state index is 12.4. The SMILES string of the molecule is CNc1nc(-c2cnc(N)cn2)c2ncn(C3CCN(C(=O)OC(C)(C)C)CC3)c2n1. The largest absolute Gasteiger partial charge is 0.444 e. The van der Waals surface area contributed by atoms with Crippen molar-refractivity contribution in [3.05, 3.63) is 18.7 Å². The lowest BCUT2D eigenvalue weighted by atomic mass is 10.1. The Morgan fingerprint density at radius 1 is 1.16 bits per heavy atom. The number of nitrogens with zero attached hydrogens (tertiary/aromatic N) is 7. The van der Waals surface area contributed by atoms with E-state index >= 15 is 0 Å². The van der Waals surface area contributed by atoms with Crippen LogP contribution in [0, 0.1) is 0 Å². The number of piperidine rings is 1. The predicted molar refractivity (Wildman–Crippen MR) is 116 cm³/mol. The van der Waals surface area contributed by atoms with Crippen molar-refractivity contribution >= 4 is 29.0 Å². The Kier molecular flexibility index (Phi) is 5.34. The molecule has 1 amide bonds. The molecule has 164 valence electrons. The lowest BCUT2D eigenvalue weighted by Gasteiger charge is -2.33. The number of amides is 1. The van der Waals surface area contributed by atoms with Crippen LogP contribution in [0.3, 0.4) is 0 Å². The first-order chi connectivity index (χ1) is 14.7. The minimum Gasteiger partial charge on any atom is -0.444 e. The Bertz CT molecular complexity index is 1080. The number of ether oxygens (including phenoxy) is 1. The zero-order valence-corrected chi connectivity index (χ0v) is 18.2. The predicted octanol–water partition coefficient (Wildman–Crippen LogP) is 2.48. The number of carbonyl (C=O) groups is 1. The van der Waals surface area contributed by atoms with Crippen molar-refractivity contribution in [1.82, 2.24) is 34.4 Å². The molecular formula is C20H27N9O2. The van der Waals surface area contributed by atoms with Gasteiger partial charge in [-0.2, -0.15) is 4.98 Å². The Morgan fingerprint density at radius 2 is 1.90 bits per heavy atom. The van der Waals surface area contributed by atoms with Crippen molar-refractivity contribution in [2.24, 2.45) is 0 Å². The molecule has 0 spiro atoms. The van der Waals surface area contributed by atoms with E-state index in [-0.39, 0.29) is 12.1 Å². The van der Waals surface area contributed by atoms with E-state index in [0.717, 1.165) is 12.8 Å². The molecule has 4 heterocycles. The highest BCUT2D eigenvalue weighted by Crippen LogP contribution is 2.30. The van der Waals surface area contributed by atoms with Gasteiger partial charge in [-0.3, -0.25) is 0 Å². The molecule has 3 N–H and O–H groups in total. The Morgan fingerprint density at radius 3 is 2.52 bits per heavy atom. The van der Waals surface area contributed by atoms with Crippen molar-refractivity contribution in [3.63, 3.8) is 0 Å². The molecule has 1 aliphatic heterocycles. The molecule has 0 unspecified atom stereocenters. The van der Waals surface area contributed by atoms with Crippen molar-refractivity contribution < 1.29 is 9.53 Å². The van der Waals surface area contributed by atoms with Gasteiger partial charge in [-0.05, 0) is 33.6 Å². The van der Waals surface area contributed by atoms with Crippen LogP contribution in [0.5, 0.6) is 0 Å². The van der Waals surface area contributed by atoms with E-state index in [1.807, 2.05) is 20.8 Å². The zero-order valence-electron chi connectivity index (χ0n) is 18.2. The highest BCUT2D eigenvalue weighted by molar-refractivity contribution is 5.87. The number of imidazole rings is 1. The maximum absolute atomic E-state index is 12.4. The number of hydrogen-bond donors (Lipinski definition) is 2. The number of hydrogen-bond acceptors (Lipinski definition) is 9. The summed E-state index contributed by atoms with van der Waals surface area (Å²) >= 11 is 0. The first-order valence-electron chi connectivity index (χ1n) is 10.2. The lowest BCUT2D eigenvalue weighted by Crippen LogP contribution is -2.42. The van der Waals surface area contributed by atoms with Crippen LogP contribution < -0.4 is 11.1 Å². The minimum atomic E-state index is -0.504. The van der Waals surface area contributed by atoms with Gasteiger partial charge in [0.1, 0.15) is 28.3 Å². The van der Waals surface area contributed by atoms with Crippen LogP contribution in [0.1, 0.15) is 39.7 Å². The van der Waals surface area contributed by atoms with Crippen LogP contribution in [0.15, 0.2) is 18.7 Å². The number of nitrogens with one attached hydrogen (secondary N) is 1. The number of nitrogens with two attached hydrogens (primary N) is 1. The van der Waals surface area contributed by atoms with Crippen molar-refractivity contribution in [3.8, 4) is 11.4 Å². The average molecular weight is 425 g/mol. The number of aromatic nitrogens is 6. The van der Waals surface area contributed by atoms with Gasteiger partial charge in [-0.25, -0.2) is 24.7 Å². The maximum Gasteiger partial charge on any atom is 0.410 e. The van der Waals surface area contributed by atoms with Gasteiger partial charge in [0.2, 0.25) is 5.95 Å². The van der Waals surface area contributed by atoms with E-state index in [1.165, 1.54) is 6.20 Å². The van der Waals surface area contributed by atoms with E-state index in [0.29, 0.717) is 47.4 Å². The molecule has 1 aliphatic rings. The summed E-state index contributed by atoms with van der Waals surface area (Å²) < 4.78 is 7.55. The first-order valence-corrected chi connectivity index (χ1v) is 10.2. The van der Waals surface area contributed by atoms with Crippen molar-refractivity contribution in [2.75, 3.05) is 31.2 Å². The van der Waals surface area contributed by atoms with E-state index in [1.54, 1.807) is 24.5 Å². The number of fused-ring (bicyclic) bond motifs is 1. The monoisotopic (exact) mass is 425 g/mol. The standard InChI is InChI=1S/C20H27N9O2/c1-20(2,3)31-19(30)28-7-5-12(6-8-28)29-11-25-16-15(13-9-24-14(21)10-23-13)26-18(22-4)27-17(16)29/h9-12H,5-8H2,1-4H3,(H2,21,24)(H,22,26,27). The number of likely N-dealkylation sites (tertiary alicyclic amines) is 1. The van der Waals surface area contributed by atoms with Crippen LogP contribution in [0.2, 0.25) is 0 Å². The molecule has 0 atom stereocenters. The van der Waals surface area contributed by atoms with E-state index < -0.39 is 5.60 Å².